The third kappa shape index (κ3) is 5.68. The summed E-state index contributed by atoms with van der Waals surface area (Å²) in [7, 11) is 0.165. The molecule has 0 nitrogen and oxygen atoms in total. The van der Waals surface area contributed by atoms with E-state index in [0.29, 0.717) is 10.3 Å². The first-order chi connectivity index (χ1) is 6.21. The molecule has 0 aromatic carbocycles. The lowest BCUT2D eigenvalue weighted by atomic mass is 10.2. The maximum Gasteiger partial charge on any atom is -0.0175 e. The van der Waals surface area contributed by atoms with Gasteiger partial charge in [-0.2, -0.15) is 0 Å². The molecule has 0 unspecified atom stereocenters. The fraction of sp³-hybridized carbons (Fsp3) is 1.00. The van der Waals surface area contributed by atoms with Gasteiger partial charge in [-0.15, -0.1) is 17.0 Å². The molecule has 1 rings (SSSR count). The highest BCUT2D eigenvalue weighted by molar-refractivity contribution is 8.93. The molecule has 0 bridgehead atoms. The van der Waals surface area contributed by atoms with Crippen molar-refractivity contribution in [3.05, 3.63) is 0 Å². The fourth-order valence-corrected chi connectivity index (χ4v) is 6.37. The van der Waals surface area contributed by atoms with Gasteiger partial charge in [-0.3, -0.25) is 0 Å². The molecule has 0 saturated heterocycles. The molecule has 0 aliphatic heterocycles. The first-order valence-corrected chi connectivity index (χ1v) is 7.52. The molecule has 1 aliphatic carbocycles. The first kappa shape index (κ1) is 15.9. The van der Waals surface area contributed by atoms with E-state index in [-0.39, 0.29) is 24.9 Å². The maximum absolute atomic E-state index is 2.43. The van der Waals surface area contributed by atoms with Gasteiger partial charge in [-0.25, -0.2) is 0 Å². The molecule has 1 aliphatic rings. The van der Waals surface area contributed by atoms with Crippen molar-refractivity contribution in [1.29, 1.82) is 0 Å². The predicted molar refractivity (Wildman–Crippen MR) is 79.0 cm³/mol. The van der Waals surface area contributed by atoms with Crippen LogP contribution in [0.15, 0.2) is 0 Å². The Morgan fingerprint density at radius 3 is 1.60 bits per heavy atom. The van der Waals surface area contributed by atoms with Crippen LogP contribution in [0, 0.1) is 5.92 Å². The Hall–Kier alpha value is 0.910. The van der Waals surface area contributed by atoms with Crippen LogP contribution in [-0.2, 0) is 0 Å². The molecule has 0 N–H and O–H groups in total. The van der Waals surface area contributed by atoms with Crippen LogP contribution in [0.5, 0.6) is 0 Å². The van der Waals surface area contributed by atoms with E-state index in [1.165, 1.54) is 25.4 Å². The summed E-state index contributed by atoms with van der Waals surface area (Å²) in [4.78, 5) is 0. The first-order valence-electron chi connectivity index (χ1n) is 5.99. The summed E-state index contributed by atoms with van der Waals surface area (Å²) in [6.45, 7) is 14.6. The van der Waals surface area contributed by atoms with Gasteiger partial charge in [0.1, 0.15) is 0 Å². The van der Waals surface area contributed by atoms with Crippen molar-refractivity contribution in [3.63, 3.8) is 0 Å². The number of hydrogen-bond acceptors (Lipinski definition) is 0. The number of halogens is 1. The Kier molecular flexibility index (Phi) is 5.83. The van der Waals surface area contributed by atoms with Crippen LogP contribution in [-0.4, -0.2) is 16.5 Å². The Bertz CT molecular complexity index is 170. The van der Waals surface area contributed by atoms with Crippen LogP contribution in [0.2, 0.25) is 0 Å². The summed E-state index contributed by atoms with van der Waals surface area (Å²) in [6.07, 6.45) is 6.02. The molecule has 2 heteroatoms. The zero-order valence-corrected chi connectivity index (χ0v) is 13.9. The van der Waals surface area contributed by atoms with E-state index in [9.17, 15) is 0 Å². The third-order valence-electron chi connectivity index (χ3n) is 3.08. The van der Waals surface area contributed by atoms with Gasteiger partial charge < -0.3 is 0 Å². The average molecular weight is 295 g/mol. The van der Waals surface area contributed by atoms with Gasteiger partial charge in [0.15, 0.2) is 0 Å². The average Bonchev–Trinajstić information content (AvgIpc) is 2.64. The van der Waals surface area contributed by atoms with E-state index in [1.807, 2.05) is 0 Å². The van der Waals surface area contributed by atoms with Crippen molar-refractivity contribution in [3.8, 4) is 0 Å². The highest BCUT2D eigenvalue weighted by Gasteiger charge is 2.35. The minimum atomic E-state index is 0. The summed E-state index contributed by atoms with van der Waals surface area (Å²) in [5.74, 6) is 1.10. The van der Waals surface area contributed by atoms with Gasteiger partial charge in [0.25, 0.3) is 0 Å². The molecule has 0 amide bonds. The van der Waals surface area contributed by atoms with E-state index < -0.39 is 0 Å². The predicted octanol–water partition coefficient (Wildman–Crippen LogP) is 5.44. The molecule has 92 valence electrons. The van der Waals surface area contributed by atoms with Crippen LogP contribution in [0.3, 0.4) is 0 Å². The lowest BCUT2D eigenvalue weighted by molar-refractivity contribution is 0.689. The second-order valence-corrected chi connectivity index (χ2v) is 10.7. The van der Waals surface area contributed by atoms with Crippen LogP contribution in [0.1, 0.15) is 60.8 Å². The lowest BCUT2D eigenvalue weighted by Crippen LogP contribution is -2.26. The number of hydrogen-bond donors (Lipinski definition) is 0. The van der Waals surface area contributed by atoms with Gasteiger partial charge in [0.2, 0.25) is 0 Å². The van der Waals surface area contributed by atoms with Gasteiger partial charge in [0.05, 0.1) is 0 Å². The third-order valence-corrected chi connectivity index (χ3v) is 7.02. The monoisotopic (exact) mass is 294 g/mol. The van der Waals surface area contributed by atoms with Crippen molar-refractivity contribution in [2.24, 2.45) is 5.92 Å². The minimum absolute atomic E-state index is 0. The standard InChI is InChI=1S/C13H27P.BrH/c1-12(2,3)14(13(4,5)6)10-9-11-7-8-11;/h11H,7-10H2,1-6H3;1H. The molecule has 0 spiro atoms. The Labute approximate surface area is 108 Å². The second-order valence-electron chi connectivity index (χ2n) is 6.73. The SMILES string of the molecule is Br.CC(C)(C)P(CCC1CC1)C(C)(C)C. The lowest BCUT2D eigenvalue weighted by Gasteiger charge is -2.41. The summed E-state index contributed by atoms with van der Waals surface area (Å²) >= 11 is 0. The van der Waals surface area contributed by atoms with Crippen LogP contribution in [0.4, 0.5) is 0 Å². The molecule has 0 radical (unpaired) electrons. The van der Waals surface area contributed by atoms with E-state index in [0.717, 1.165) is 5.92 Å². The van der Waals surface area contributed by atoms with Gasteiger partial charge >= 0.3 is 0 Å². The Balaban J connectivity index is 0.00000196. The van der Waals surface area contributed by atoms with Gasteiger partial charge in [-0.05, 0) is 28.8 Å². The summed E-state index contributed by atoms with van der Waals surface area (Å²) in [6, 6.07) is 0. The second kappa shape index (κ2) is 5.50. The van der Waals surface area contributed by atoms with Crippen LogP contribution >= 0.6 is 24.9 Å². The molecule has 0 heterocycles. The van der Waals surface area contributed by atoms with Crippen molar-refractivity contribution in [2.75, 3.05) is 6.16 Å². The molecule has 0 aromatic rings. The molecule has 1 fully saturated rings. The molecule has 0 atom stereocenters. The zero-order chi connectivity index (χ0) is 11.0. The fourth-order valence-electron chi connectivity index (χ4n) is 2.40. The quantitative estimate of drug-likeness (QED) is 0.608. The van der Waals surface area contributed by atoms with E-state index in [4.69, 9.17) is 0 Å². The Morgan fingerprint density at radius 1 is 0.933 bits per heavy atom. The minimum Gasteiger partial charge on any atom is -0.114 e. The molecule has 15 heavy (non-hydrogen) atoms. The Morgan fingerprint density at radius 2 is 1.33 bits per heavy atom. The highest BCUT2D eigenvalue weighted by atomic mass is 79.9. The zero-order valence-electron chi connectivity index (χ0n) is 11.3. The van der Waals surface area contributed by atoms with E-state index in [2.05, 4.69) is 41.5 Å². The molecule has 0 aromatic heterocycles. The normalized spacial score (nSPS) is 17.8. The number of rotatable bonds is 3. The largest absolute Gasteiger partial charge is 0.114 e. The van der Waals surface area contributed by atoms with Crippen LogP contribution in [0.25, 0.3) is 0 Å². The van der Waals surface area contributed by atoms with Gasteiger partial charge in [-0.1, -0.05) is 62.3 Å². The van der Waals surface area contributed by atoms with Crippen molar-refractivity contribution in [2.45, 2.75) is 71.1 Å². The molecular formula is C13H28BrP. The topological polar surface area (TPSA) is 0 Å². The molecular weight excluding hydrogens is 267 g/mol. The van der Waals surface area contributed by atoms with Crippen LogP contribution < -0.4 is 0 Å². The van der Waals surface area contributed by atoms with Crippen molar-refractivity contribution in [1.82, 2.24) is 0 Å². The highest BCUT2D eigenvalue weighted by Crippen LogP contribution is 2.60. The van der Waals surface area contributed by atoms with Crippen molar-refractivity contribution < 1.29 is 0 Å². The molecule has 1 saturated carbocycles. The summed E-state index contributed by atoms with van der Waals surface area (Å²) in [5, 5.41) is 1.06. The summed E-state index contributed by atoms with van der Waals surface area (Å²) in [5.41, 5.74) is 0. The summed E-state index contributed by atoms with van der Waals surface area (Å²) < 4.78 is 0. The van der Waals surface area contributed by atoms with E-state index >= 15 is 0 Å². The van der Waals surface area contributed by atoms with E-state index in [1.54, 1.807) is 0 Å². The smallest absolute Gasteiger partial charge is 0.0175 e. The van der Waals surface area contributed by atoms with Crippen molar-refractivity contribution >= 4 is 24.9 Å². The maximum atomic E-state index is 2.43. The van der Waals surface area contributed by atoms with Gasteiger partial charge in [0, 0.05) is 0 Å².